The van der Waals surface area contributed by atoms with Gasteiger partial charge in [0.2, 0.25) is 0 Å². The number of ether oxygens (including phenoxy) is 1. The Balaban J connectivity index is 1.69. The van der Waals surface area contributed by atoms with Gasteiger partial charge in [0.15, 0.2) is 5.96 Å². The molecule has 0 radical (unpaired) electrons. The van der Waals surface area contributed by atoms with Gasteiger partial charge in [-0.2, -0.15) is 5.10 Å². The van der Waals surface area contributed by atoms with E-state index in [0.29, 0.717) is 5.92 Å². The molecule has 1 fully saturated rings. The minimum Gasteiger partial charge on any atom is -0.497 e. The van der Waals surface area contributed by atoms with Crippen LogP contribution in [0.2, 0.25) is 0 Å². The molecule has 0 spiro atoms. The van der Waals surface area contributed by atoms with E-state index in [9.17, 15) is 0 Å². The monoisotopic (exact) mass is 383 g/mol. The molecule has 1 unspecified atom stereocenters. The van der Waals surface area contributed by atoms with Gasteiger partial charge in [-0.3, -0.25) is 9.67 Å². The number of methoxy groups -OCH3 is 1. The Morgan fingerprint density at radius 3 is 2.68 bits per heavy atom. The molecule has 1 saturated heterocycles. The lowest BCUT2D eigenvalue weighted by molar-refractivity contribution is 0.414. The van der Waals surface area contributed by atoms with Crippen LogP contribution >= 0.6 is 0 Å². The van der Waals surface area contributed by atoms with Crippen molar-refractivity contribution in [2.45, 2.75) is 38.5 Å². The highest BCUT2D eigenvalue weighted by Crippen LogP contribution is 2.28. The van der Waals surface area contributed by atoms with Crippen molar-refractivity contribution in [1.82, 2.24) is 20.0 Å². The van der Waals surface area contributed by atoms with E-state index in [2.05, 4.69) is 54.4 Å². The number of guanidine groups is 1. The van der Waals surface area contributed by atoms with Crippen molar-refractivity contribution in [3.8, 4) is 5.75 Å². The predicted molar refractivity (Wildman–Crippen MR) is 114 cm³/mol. The first-order valence-electron chi connectivity index (χ1n) is 10.1. The average Bonchev–Trinajstić information content (AvgIpc) is 3.34. The van der Waals surface area contributed by atoms with E-state index in [4.69, 9.17) is 9.73 Å². The second-order valence-corrected chi connectivity index (χ2v) is 8.16. The molecule has 0 bridgehead atoms. The molecule has 28 heavy (non-hydrogen) atoms. The van der Waals surface area contributed by atoms with E-state index >= 15 is 0 Å². The molecule has 1 aliphatic rings. The summed E-state index contributed by atoms with van der Waals surface area (Å²) in [6.45, 7) is 10.2. The van der Waals surface area contributed by atoms with Crippen LogP contribution in [0, 0.1) is 0 Å². The summed E-state index contributed by atoms with van der Waals surface area (Å²) in [6, 6.07) is 8.31. The molecule has 1 aromatic heterocycles. The Bertz CT molecular complexity index is 794. The number of hydrogen-bond donors (Lipinski definition) is 1. The Kier molecular flexibility index (Phi) is 6.27. The Morgan fingerprint density at radius 1 is 1.32 bits per heavy atom. The maximum Gasteiger partial charge on any atom is 0.193 e. The zero-order valence-electron chi connectivity index (χ0n) is 17.8. The summed E-state index contributed by atoms with van der Waals surface area (Å²) in [6.07, 6.45) is 5.26. The Morgan fingerprint density at radius 2 is 2.07 bits per heavy atom. The summed E-state index contributed by atoms with van der Waals surface area (Å²) in [5.41, 5.74) is 2.54. The van der Waals surface area contributed by atoms with Crippen LogP contribution in [0.3, 0.4) is 0 Å². The predicted octanol–water partition coefficient (Wildman–Crippen LogP) is 3.16. The first-order valence-corrected chi connectivity index (χ1v) is 10.1. The molecule has 1 aliphatic heterocycles. The molecule has 1 N–H and O–H groups in total. The summed E-state index contributed by atoms with van der Waals surface area (Å²) in [4.78, 5) is 7.38. The minimum atomic E-state index is -0.0462. The van der Waals surface area contributed by atoms with Gasteiger partial charge in [0.1, 0.15) is 5.75 Å². The quantitative estimate of drug-likeness (QED) is 0.615. The fourth-order valence-corrected chi connectivity index (χ4v) is 3.71. The van der Waals surface area contributed by atoms with Crippen molar-refractivity contribution in [1.29, 1.82) is 0 Å². The molecular weight excluding hydrogens is 350 g/mol. The van der Waals surface area contributed by atoms with E-state index in [1.807, 2.05) is 30.1 Å². The molecule has 6 heteroatoms. The molecule has 2 aromatic rings. The largest absolute Gasteiger partial charge is 0.497 e. The number of rotatable bonds is 6. The smallest absolute Gasteiger partial charge is 0.193 e. The Labute approximate surface area is 168 Å². The number of likely N-dealkylation sites (tertiary alicyclic amines) is 1. The van der Waals surface area contributed by atoms with Crippen LogP contribution in [0.1, 0.15) is 44.2 Å². The molecule has 152 valence electrons. The molecule has 0 saturated carbocycles. The number of nitrogens with one attached hydrogen (secondary N) is 1. The highest BCUT2D eigenvalue weighted by Gasteiger charge is 2.28. The van der Waals surface area contributed by atoms with E-state index in [-0.39, 0.29) is 5.41 Å². The van der Waals surface area contributed by atoms with E-state index < -0.39 is 0 Å². The minimum absolute atomic E-state index is 0.0462. The van der Waals surface area contributed by atoms with Crippen molar-refractivity contribution in [3.05, 3.63) is 47.8 Å². The van der Waals surface area contributed by atoms with Crippen LogP contribution in [-0.4, -0.2) is 53.9 Å². The Hall–Kier alpha value is -2.50. The SMILES string of the molecule is CCNC(=NCC(C)(C)c1ccc(OC)cc1)N1CCC(c2cnn(C)c2)C1. The fraction of sp³-hybridized carbons (Fsp3) is 0.545. The maximum absolute atomic E-state index is 5.28. The fourth-order valence-electron chi connectivity index (χ4n) is 3.71. The van der Waals surface area contributed by atoms with Crippen molar-refractivity contribution in [2.24, 2.45) is 12.0 Å². The van der Waals surface area contributed by atoms with Gasteiger partial charge in [-0.05, 0) is 36.6 Å². The third-order valence-corrected chi connectivity index (χ3v) is 5.51. The topological polar surface area (TPSA) is 54.7 Å². The van der Waals surface area contributed by atoms with Crippen LogP contribution in [0.4, 0.5) is 0 Å². The summed E-state index contributed by atoms with van der Waals surface area (Å²) in [7, 11) is 3.67. The zero-order valence-corrected chi connectivity index (χ0v) is 17.8. The molecule has 6 nitrogen and oxygen atoms in total. The summed E-state index contributed by atoms with van der Waals surface area (Å²) in [5, 5.41) is 7.80. The molecule has 2 heterocycles. The van der Waals surface area contributed by atoms with Gasteiger partial charge in [-0.15, -0.1) is 0 Å². The molecular formula is C22H33N5O. The summed E-state index contributed by atoms with van der Waals surface area (Å²) in [5.74, 6) is 2.41. The summed E-state index contributed by atoms with van der Waals surface area (Å²) >= 11 is 0. The van der Waals surface area contributed by atoms with Crippen molar-refractivity contribution in [2.75, 3.05) is 33.3 Å². The third-order valence-electron chi connectivity index (χ3n) is 5.51. The third kappa shape index (κ3) is 4.66. The maximum atomic E-state index is 5.28. The van der Waals surface area contributed by atoms with E-state index in [1.54, 1.807) is 7.11 Å². The van der Waals surface area contributed by atoms with Crippen LogP contribution < -0.4 is 10.1 Å². The van der Waals surface area contributed by atoms with Crippen LogP contribution in [0.25, 0.3) is 0 Å². The second kappa shape index (κ2) is 8.67. The first-order chi connectivity index (χ1) is 13.4. The lowest BCUT2D eigenvalue weighted by Gasteiger charge is -2.26. The van der Waals surface area contributed by atoms with Gasteiger partial charge in [0, 0.05) is 44.2 Å². The van der Waals surface area contributed by atoms with E-state index in [1.165, 1.54) is 11.1 Å². The van der Waals surface area contributed by atoms with Crippen LogP contribution in [-0.2, 0) is 12.5 Å². The standard InChI is InChI=1S/C22H33N5O/c1-6-23-21(27-12-11-17(15-27)18-13-25-26(4)14-18)24-16-22(2,3)19-7-9-20(28-5)10-8-19/h7-10,13-14,17H,6,11-12,15-16H2,1-5H3,(H,23,24). The average molecular weight is 384 g/mol. The van der Waals surface area contributed by atoms with Crippen molar-refractivity contribution in [3.63, 3.8) is 0 Å². The molecule has 0 aliphatic carbocycles. The lowest BCUT2D eigenvalue weighted by atomic mass is 9.85. The molecule has 1 aromatic carbocycles. The molecule has 3 rings (SSSR count). The number of aryl methyl sites for hydroxylation is 1. The number of nitrogens with zero attached hydrogens (tertiary/aromatic N) is 4. The zero-order chi connectivity index (χ0) is 20.1. The van der Waals surface area contributed by atoms with Gasteiger partial charge in [-0.1, -0.05) is 26.0 Å². The van der Waals surface area contributed by atoms with Gasteiger partial charge >= 0.3 is 0 Å². The van der Waals surface area contributed by atoms with Gasteiger partial charge < -0.3 is 15.0 Å². The van der Waals surface area contributed by atoms with Gasteiger partial charge in [-0.25, -0.2) is 0 Å². The highest BCUT2D eigenvalue weighted by molar-refractivity contribution is 5.80. The van der Waals surface area contributed by atoms with Crippen LogP contribution in [0.5, 0.6) is 5.75 Å². The van der Waals surface area contributed by atoms with Gasteiger partial charge in [0.25, 0.3) is 0 Å². The number of aromatic nitrogens is 2. The van der Waals surface area contributed by atoms with E-state index in [0.717, 1.165) is 44.3 Å². The normalized spacial score (nSPS) is 17.8. The first kappa shape index (κ1) is 20.2. The summed E-state index contributed by atoms with van der Waals surface area (Å²) < 4.78 is 7.16. The number of hydrogen-bond acceptors (Lipinski definition) is 3. The van der Waals surface area contributed by atoms with Crippen LogP contribution in [0.15, 0.2) is 41.7 Å². The number of benzene rings is 1. The van der Waals surface area contributed by atoms with Gasteiger partial charge in [0.05, 0.1) is 19.9 Å². The second-order valence-electron chi connectivity index (χ2n) is 8.16. The highest BCUT2D eigenvalue weighted by atomic mass is 16.5. The van der Waals surface area contributed by atoms with Crippen molar-refractivity contribution < 1.29 is 4.74 Å². The lowest BCUT2D eigenvalue weighted by Crippen LogP contribution is -2.41. The molecule has 0 amide bonds. The molecule has 1 atom stereocenters. The number of aliphatic imine (C=N–C) groups is 1. The van der Waals surface area contributed by atoms with Crippen molar-refractivity contribution >= 4 is 5.96 Å².